The van der Waals surface area contributed by atoms with Gasteiger partial charge in [0.1, 0.15) is 5.41 Å². The fourth-order valence-electron chi connectivity index (χ4n) is 2.35. The van der Waals surface area contributed by atoms with Crippen LogP contribution in [0.3, 0.4) is 0 Å². The molecule has 138 valence electrons. The molecule has 0 spiro atoms. The van der Waals surface area contributed by atoms with Gasteiger partial charge in [-0.05, 0) is 55.2 Å². The Morgan fingerprint density at radius 2 is 1.54 bits per heavy atom. The molecule has 2 rings (SSSR count). The van der Waals surface area contributed by atoms with Crippen molar-refractivity contribution in [3.8, 4) is 0 Å². The average molecular weight is 373 g/mol. The minimum Gasteiger partial charge on any atom is -0.351 e. The van der Waals surface area contributed by atoms with E-state index in [1.165, 1.54) is 5.56 Å². The Hall–Kier alpha value is -2.33. The first-order valence-corrected chi connectivity index (χ1v) is 9.02. The highest BCUT2D eigenvalue weighted by Crippen LogP contribution is 2.21. The van der Waals surface area contributed by atoms with E-state index in [0.717, 1.165) is 5.56 Å². The lowest BCUT2D eigenvalue weighted by molar-refractivity contribution is -0.138. The molecule has 0 heterocycles. The van der Waals surface area contributed by atoms with Gasteiger partial charge in [-0.3, -0.25) is 9.59 Å². The maximum atomic E-state index is 12.6. The predicted molar refractivity (Wildman–Crippen MR) is 106 cm³/mol. The average Bonchev–Trinajstić information content (AvgIpc) is 2.61. The summed E-state index contributed by atoms with van der Waals surface area (Å²) in [5.74, 6) is -0.248. The van der Waals surface area contributed by atoms with Gasteiger partial charge in [0.2, 0.25) is 11.8 Å². The molecular formula is C21H25ClN2O2. The lowest BCUT2D eigenvalue weighted by Gasteiger charge is -2.23. The van der Waals surface area contributed by atoms with Gasteiger partial charge in [-0.2, -0.15) is 0 Å². The van der Waals surface area contributed by atoms with E-state index in [-0.39, 0.29) is 11.8 Å². The van der Waals surface area contributed by atoms with Gasteiger partial charge >= 0.3 is 0 Å². The van der Waals surface area contributed by atoms with Crippen LogP contribution >= 0.6 is 11.6 Å². The Morgan fingerprint density at radius 3 is 2.08 bits per heavy atom. The number of amides is 2. The summed E-state index contributed by atoms with van der Waals surface area (Å²) in [7, 11) is 0. The molecule has 0 aliphatic rings. The molecule has 2 aromatic carbocycles. The van der Waals surface area contributed by atoms with Crippen LogP contribution in [0.4, 0.5) is 5.69 Å². The number of halogens is 1. The smallest absolute Gasteiger partial charge is 0.239 e. The fourth-order valence-corrected chi connectivity index (χ4v) is 2.47. The first-order chi connectivity index (χ1) is 12.2. The van der Waals surface area contributed by atoms with E-state index in [9.17, 15) is 9.59 Å². The molecule has 0 aliphatic carbocycles. The maximum Gasteiger partial charge on any atom is 0.239 e. The molecule has 0 saturated carbocycles. The van der Waals surface area contributed by atoms with Crippen LogP contribution < -0.4 is 10.6 Å². The van der Waals surface area contributed by atoms with Crippen molar-refractivity contribution in [2.24, 2.45) is 5.41 Å². The van der Waals surface area contributed by atoms with E-state index < -0.39 is 5.41 Å². The Kier molecular flexibility index (Phi) is 6.43. The van der Waals surface area contributed by atoms with Crippen LogP contribution in [0.5, 0.6) is 0 Å². The summed E-state index contributed by atoms with van der Waals surface area (Å²) < 4.78 is 0. The molecule has 4 nitrogen and oxygen atoms in total. The molecule has 0 saturated heterocycles. The topological polar surface area (TPSA) is 58.2 Å². The summed E-state index contributed by atoms with van der Waals surface area (Å²) in [5.41, 5.74) is 1.60. The summed E-state index contributed by atoms with van der Waals surface area (Å²) in [6, 6.07) is 14.9. The SMILES string of the molecule is CC(C)c1ccc(NC(=O)C(C)(C)C(=O)NCc2ccc(Cl)cc2)cc1. The third-order valence-corrected chi connectivity index (χ3v) is 4.59. The second-order valence-corrected chi connectivity index (χ2v) is 7.60. The van der Waals surface area contributed by atoms with E-state index in [4.69, 9.17) is 11.6 Å². The summed E-state index contributed by atoms with van der Waals surface area (Å²) in [6.07, 6.45) is 0. The molecule has 2 N–H and O–H groups in total. The van der Waals surface area contributed by atoms with Crippen molar-refractivity contribution in [1.82, 2.24) is 5.32 Å². The lowest BCUT2D eigenvalue weighted by Crippen LogP contribution is -2.44. The fraction of sp³-hybridized carbons (Fsp3) is 0.333. The van der Waals surface area contributed by atoms with E-state index in [0.29, 0.717) is 23.2 Å². The van der Waals surface area contributed by atoms with Crippen molar-refractivity contribution >= 4 is 29.1 Å². The Labute approximate surface area is 159 Å². The first-order valence-electron chi connectivity index (χ1n) is 8.64. The van der Waals surface area contributed by atoms with Gasteiger partial charge in [0.25, 0.3) is 0 Å². The zero-order valence-electron chi connectivity index (χ0n) is 15.6. The first kappa shape index (κ1) is 20.0. The van der Waals surface area contributed by atoms with Crippen LogP contribution in [-0.4, -0.2) is 11.8 Å². The Bertz CT molecular complexity index is 766. The van der Waals surface area contributed by atoms with Crippen LogP contribution in [0.1, 0.15) is 44.7 Å². The third kappa shape index (κ3) is 5.09. The summed E-state index contributed by atoms with van der Waals surface area (Å²) in [5, 5.41) is 6.27. The molecule has 2 amide bonds. The highest BCUT2D eigenvalue weighted by atomic mass is 35.5. The third-order valence-electron chi connectivity index (χ3n) is 4.34. The summed E-state index contributed by atoms with van der Waals surface area (Å²) >= 11 is 5.85. The molecule has 0 atom stereocenters. The molecule has 26 heavy (non-hydrogen) atoms. The van der Waals surface area contributed by atoms with Crippen LogP contribution in [0.25, 0.3) is 0 Å². The van der Waals surface area contributed by atoms with Crippen LogP contribution in [0.2, 0.25) is 5.02 Å². The van der Waals surface area contributed by atoms with Gasteiger partial charge in [0.15, 0.2) is 0 Å². The molecular weight excluding hydrogens is 348 g/mol. The summed E-state index contributed by atoms with van der Waals surface area (Å²) in [6.45, 7) is 7.79. The number of rotatable bonds is 6. The number of anilines is 1. The van der Waals surface area contributed by atoms with Gasteiger partial charge < -0.3 is 10.6 Å². The van der Waals surface area contributed by atoms with Gasteiger partial charge in [0.05, 0.1) is 0 Å². The van der Waals surface area contributed by atoms with Crippen molar-refractivity contribution in [1.29, 1.82) is 0 Å². The molecule has 2 aromatic rings. The number of hydrogen-bond acceptors (Lipinski definition) is 2. The highest BCUT2D eigenvalue weighted by Gasteiger charge is 2.35. The standard InChI is InChI=1S/C21H25ClN2O2/c1-14(2)16-7-11-18(12-8-16)24-20(26)21(3,4)19(25)23-13-15-5-9-17(22)10-6-15/h5-12,14H,13H2,1-4H3,(H,23,25)(H,24,26). The highest BCUT2D eigenvalue weighted by molar-refractivity contribution is 6.30. The Balaban J connectivity index is 1.96. The van der Waals surface area contributed by atoms with Crippen molar-refractivity contribution < 1.29 is 9.59 Å². The zero-order chi connectivity index (χ0) is 19.3. The number of benzene rings is 2. The van der Waals surface area contributed by atoms with Crippen LogP contribution in [-0.2, 0) is 16.1 Å². The van der Waals surface area contributed by atoms with Crippen molar-refractivity contribution in [2.75, 3.05) is 5.32 Å². The van der Waals surface area contributed by atoms with E-state index >= 15 is 0 Å². The van der Waals surface area contributed by atoms with E-state index in [2.05, 4.69) is 24.5 Å². The molecule has 0 aliphatic heterocycles. The monoisotopic (exact) mass is 372 g/mol. The second kappa shape index (κ2) is 8.37. The largest absolute Gasteiger partial charge is 0.351 e. The number of hydrogen-bond donors (Lipinski definition) is 2. The minimum absolute atomic E-state index is 0.330. The van der Waals surface area contributed by atoms with Gasteiger partial charge in [-0.25, -0.2) is 0 Å². The molecule has 0 aromatic heterocycles. The van der Waals surface area contributed by atoms with Gasteiger partial charge in [-0.15, -0.1) is 0 Å². The van der Waals surface area contributed by atoms with Crippen LogP contribution in [0, 0.1) is 5.41 Å². The number of carbonyl (C=O) groups is 2. The maximum absolute atomic E-state index is 12.6. The Morgan fingerprint density at radius 1 is 0.962 bits per heavy atom. The predicted octanol–water partition coefficient (Wildman–Crippen LogP) is 4.74. The van der Waals surface area contributed by atoms with Crippen molar-refractivity contribution in [3.63, 3.8) is 0 Å². The quantitative estimate of drug-likeness (QED) is 0.719. The van der Waals surface area contributed by atoms with E-state index in [1.54, 1.807) is 26.0 Å². The number of nitrogens with one attached hydrogen (secondary N) is 2. The van der Waals surface area contributed by atoms with Crippen molar-refractivity contribution in [3.05, 3.63) is 64.7 Å². The van der Waals surface area contributed by atoms with Gasteiger partial charge in [-0.1, -0.05) is 49.7 Å². The molecule has 0 unspecified atom stereocenters. The van der Waals surface area contributed by atoms with Crippen molar-refractivity contribution in [2.45, 2.75) is 40.2 Å². The zero-order valence-corrected chi connectivity index (χ0v) is 16.4. The normalized spacial score (nSPS) is 11.3. The minimum atomic E-state index is -1.19. The van der Waals surface area contributed by atoms with Gasteiger partial charge in [0, 0.05) is 17.3 Å². The molecule has 0 radical (unpaired) electrons. The molecule has 0 bridgehead atoms. The summed E-state index contributed by atoms with van der Waals surface area (Å²) in [4.78, 5) is 25.0. The molecule has 5 heteroatoms. The molecule has 0 fully saturated rings. The van der Waals surface area contributed by atoms with E-state index in [1.807, 2.05) is 36.4 Å². The number of carbonyl (C=O) groups excluding carboxylic acids is 2. The second-order valence-electron chi connectivity index (χ2n) is 7.16. The van der Waals surface area contributed by atoms with Crippen LogP contribution in [0.15, 0.2) is 48.5 Å². The lowest BCUT2D eigenvalue weighted by atomic mass is 9.90.